The van der Waals surface area contributed by atoms with Crippen LogP contribution in [0.4, 0.5) is 14.5 Å². The van der Waals surface area contributed by atoms with Crippen LogP contribution >= 0.6 is 0 Å². The molecule has 1 N–H and O–H groups in total. The van der Waals surface area contributed by atoms with Gasteiger partial charge >= 0.3 is 0 Å². The summed E-state index contributed by atoms with van der Waals surface area (Å²) < 4.78 is 26.4. The van der Waals surface area contributed by atoms with Crippen molar-refractivity contribution in [3.63, 3.8) is 0 Å². The summed E-state index contributed by atoms with van der Waals surface area (Å²) in [6.45, 7) is 4.57. The van der Waals surface area contributed by atoms with E-state index in [1.54, 1.807) is 0 Å². The molecule has 1 fully saturated rings. The molecule has 1 atom stereocenters. The van der Waals surface area contributed by atoms with Crippen LogP contribution in [-0.4, -0.2) is 25.7 Å². The van der Waals surface area contributed by atoms with Gasteiger partial charge in [0.15, 0.2) is 0 Å². The minimum absolute atomic E-state index is 0.326. The first-order chi connectivity index (χ1) is 7.66. The lowest BCUT2D eigenvalue weighted by atomic mass is 10.2. The number of hydrogen-bond acceptors (Lipinski definition) is 2. The number of hydrogen-bond donors (Lipinski definition) is 1. The fourth-order valence-electron chi connectivity index (χ4n) is 2.06. The highest BCUT2D eigenvalue weighted by Crippen LogP contribution is 2.21. The average molecular weight is 226 g/mol. The van der Waals surface area contributed by atoms with Crippen LogP contribution in [0.5, 0.6) is 0 Å². The van der Waals surface area contributed by atoms with Crippen LogP contribution in [0.1, 0.15) is 13.3 Å². The highest BCUT2D eigenvalue weighted by Gasteiger charge is 2.17. The Labute approximate surface area is 94.3 Å². The minimum atomic E-state index is -0.526. The van der Waals surface area contributed by atoms with Gasteiger partial charge in [-0.15, -0.1) is 0 Å². The van der Waals surface area contributed by atoms with Gasteiger partial charge < -0.3 is 10.2 Å². The predicted octanol–water partition coefficient (Wildman–Crippen LogP) is 2.15. The fourth-order valence-corrected chi connectivity index (χ4v) is 2.06. The summed E-state index contributed by atoms with van der Waals surface area (Å²) in [6.07, 6.45) is 0.973. The predicted molar refractivity (Wildman–Crippen MR) is 60.7 cm³/mol. The second kappa shape index (κ2) is 4.78. The van der Waals surface area contributed by atoms with Crippen molar-refractivity contribution in [1.29, 1.82) is 0 Å². The molecule has 0 bridgehead atoms. The summed E-state index contributed by atoms with van der Waals surface area (Å²) in [5.41, 5.74) is 0.497. The Kier molecular flexibility index (Phi) is 3.39. The first kappa shape index (κ1) is 11.3. The molecule has 1 aromatic rings. The molecule has 0 aromatic heterocycles. The summed E-state index contributed by atoms with van der Waals surface area (Å²) in [5, 5.41) is 3.34. The lowest BCUT2D eigenvalue weighted by Gasteiger charge is -2.25. The zero-order chi connectivity index (χ0) is 11.5. The molecular weight excluding hydrogens is 210 g/mol. The van der Waals surface area contributed by atoms with E-state index in [-0.39, 0.29) is 0 Å². The summed E-state index contributed by atoms with van der Waals surface area (Å²) >= 11 is 0. The first-order valence-corrected chi connectivity index (χ1v) is 5.60. The minimum Gasteiger partial charge on any atom is -0.368 e. The molecule has 0 aliphatic carbocycles. The molecule has 16 heavy (non-hydrogen) atoms. The summed E-state index contributed by atoms with van der Waals surface area (Å²) in [7, 11) is 0. The van der Waals surface area contributed by atoms with Gasteiger partial charge in [0.1, 0.15) is 11.6 Å². The lowest BCUT2D eigenvalue weighted by molar-refractivity contribution is 0.567. The van der Waals surface area contributed by atoms with Crippen LogP contribution in [-0.2, 0) is 0 Å². The summed E-state index contributed by atoms with van der Waals surface area (Å²) in [4.78, 5) is 1.97. The largest absolute Gasteiger partial charge is 0.368 e. The number of halogens is 2. The van der Waals surface area contributed by atoms with Crippen molar-refractivity contribution in [2.75, 3.05) is 24.5 Å². The molecule has 1 saturated heterocycles. The Morgan fingerprint density at radius 1 is 1.38 bits per heavy atom. The van der Waals surface area contributed by atoms with Gasteiger partial charge in [0, 0.05) is 25.2 Å². The van der Waals surface area contributed by atoms with Crippen molar-refractivity contribution in [3.05, 3.63) is 29.8 Å². The molecule has 0 radical (unpaired) electrons. The van der Waals surface area contributed by atoms with Gasteiger partial charge in [0.25, 0.3) is 0 Å². The van der Waals surface area contributed by atoms with Crippen LogP contribution in [0.2, 0.25) is 0 Å². The fraction of sp³-hybridized carbons (Fsp3) is 0.500. The number of anilines is 1. The van der Waals surface area contributed by atoms with E-state index in [1.807, 2.05) is 4.90 Å². The maximum Gasteiger partial charge on any atom is 0.149 e. The molecule has 1 heterocycles. The molecular formula is C12H16F2N2. The SMILES string of the molecule is CC1CN(c2ccc(F)cc2F)CCCN1. The van der Waals surface area contributed by atoms with Gasteiger partial charge in [-0.3, -0.25) is 0 Å². The topological polar surface area (TPSA) is 15.3 Å². The second-order valence-corrected chi connectivity index (χ2v) is 4.25. The van der Waals surface area contributed by atoms with E-state index in [0.717, 1.165) is 32.1 Å². The standard InChI is InChI=1S/C12H16F2N2/c1-9-8-16(6-2-5-15-9)12-4-3-10(13)7-11(12)14/h3-4,7,9,15H,2,5-6,8H2,1H3. The van der Waals surface area contributed by atoms with Gasteiger partial charge in [0.05, 0.1) is 5.69 Å². The number of nitrogens with zero attached hydrogens (tertiary/aromatic N) is 1. The van der Waals surface area contributed by atoms with E-state index in [1.165, 1.54) is 12.1 Å². The second-order valence-electron chi connectivity index (χ2n) is 4.25. The summed E-state index contributed by atoms with van der Waals surface area (Å²) in [6, 6.07) is 4.09. The molecule has 1 aromatic carbocycles. The number of rotatable bonds is 1. The molecule has 0 amide bonds. The van der Waals surface area contributed by atoms with Gasteiger partial charge in [-0.2, -0.15) is 0 Å². The molecule has 1 unspecified atom stereocenters. The van der Waals surface area contributed by atoms with Crippen LogP contribution in [0.15, 0.2) is 18.2 Å². The molecule has 1 aliphatic heterocycles. The zero-order valence-electron chi connectivity index (χ0n) is 9.34. The van der Waals surface area contributed by atoms with Crippen molar-refractivity contribution < 1.29 is 8.78 Å². The Morgan fingerprint density at radius 3 is 2.94 bits per heavy atom. The molecule has 88 valence electrons. The third-order valence-corrected chi connectivity index (χ3v) is 2.84. The molecule has 0 saturated carbocycles. The van der Waals surface area contributed by atoms with Gasteiger partial charge in [0.2, 0.25) is 0 Å². The van der Waals surface area contributed by atoms with Crippen LogP contribution in [0.3, 0.4) is 0 Å². The molecule has 4 heteroatoms. The number of nitrogens with one attached hydrogen (secondary N) is 1. The maximum atomic E-state index is 13.6. The van der Waals surface area contributed by atoms with E-state index in [2.05, 4.69) is 12.2 Å². The third kappa shape index (κ3) is 2.50. The van der Waals surface area contributed by atoms with Gasteiger partial charge in [-0.1, -0.05) is 0 Å². The van der Waals surface area contributed by atoms with Crippen molar-refractivity contribution >= 4 is 5.69 Å². The molecule has 0 spiro atoms. The first-order valence-electron chi connectivity index (χ1n) is 5.60. The van der Waals surface area contributed by atoms with Crippen molar-refractivity contribution in [2.45, 2.75) is 19.4 Å². The van der Waals surface area contributed by atoms with Gasteiger partial charge in [-0.25, -0.2) is 8.78 Å². The van der Waals surface area contributed by atoms with Crippen molar-refractivity contribution in [1.82, 2.24) is 5.32 Å². The average Bonchev–Trinajstić information content (AvgIpc) is 2.43. The van der Waals surface area contributed by atoms with E-state index in [9.17, 15) is 8.78 Å². The Balaban J connectivity index is 2.21. The van der Waals surface area contributed by atoms with Crippen LogP contribution in [0.25, 0.3) is 0 Å². The summed E-state index contributed by atoms with van der Waals surface area (Å²) in [5.74, 6) is -1.00. The zero-order valence-corrected chi connectivity index (χ0v) is 9.34. The van der Waals surface area contributed by atoms with Crippen LogP contribution in [0, 0.1) is 11.6 Å². The number of benzene rings is 1. The lowest BCUT2D eigenvalue weighted by Crippen LogP contribution is -2.35. The Bertz CT molecular complexity index is 368. The molecule has 2 nitrogen and oxygen atoms in total. The van der Waals surface area contributed by atoms with E-state index < -0.39 is 11.6 Å². The maximum absolute atomic E-state index is 13.6. The monoisotopic (exact) mass is 226 g/mol. The smallest absolute Gasteiger partial charge is 0.149 e. The molecule has 1 aliphatic rings. The van der Waals surface area contributed by atoms with E-state index in [4.69, 9.17) is 0 Å². The van der Waals surface area contributed by atoms with Crippen molar-refractivity contribution in [2.24, 2.45) is 0 Å². The highest BCUT2D eigenvalue weighted by atomic mass is 19.1. The van der Waals surface area contributed by atoms with E-state index >= 15 is 0 Å². The highest BCUT2D eigenvalue weighted by molar-refractivity contribution is 5.48. The third-order valence-electron chi connectivity index (χ3n) is 2.84. The Hall–Kier alpha value is -1.16. The van der Waals surface area contributed by atoms with Gasteiger partial charge in [-0.05, 0) is 32.0 Å². The quantitative estimate of drug-likeness (QED) is 0.789. The van der Waals surface area contributed by atoms with Crippen LogP contribution < -0.4 is 10.2 Å². The molecule has 2 rings (SSSR count). The van der Waals surface area contributed by atoms with Crippen molar-refractivity contribution in [3.8, 4) is 0 Å². The normalized spacial score (nSPS) is 21.9. The Morgan fingerprint density at radius 2 is 2.19 bits per heavy atom. The van der Waals surface area contributed by atoms with E-state index in [0.29, 0.717) is 11.7 Å².